The summed E-state index contributed by atoms with van der Waals surface area (Å²) in [7, 11) is 1.66. The third-order valence-corrected chi connectivity index (χ3v) is 4.87. The van der Waals surface area contributed by atoms with Gasteiger partial charge in [-0.3, -0.25) is 0 Å². The van der Waals surface area contributed by atoms with Crippen molar-refractivity contribution in [3.8, 4) is 0 Å². The summed E-state index contributed by atoms with van der Waals surface area (Å²) in [4.78, 5) is 19.8. The van der Waals surface area contributed by atoms with Crippen molar-refractivity contribution in [3.05, 3.63) is 28.4 Å². The van der Waals surface area contributed by atoms with Crippen LogP contribution < -0.4 is 10.6 Å². The van der Waals surface area contributed by atoms with E-state index in [1.165, 1.54) is 0 Å². The summed E-state index contributed by atoms with van der Waals surface area (Å²) in [6.07, 6.45) is 4.27. The molecule has 1 heterocycles. The van der Waals surface area contributed by atoms with Crippen LogP contribution in [0.2, 0.25) is 0 Å². The van der Waals surface area contributed by atoms with Crippen molar-refractivity contribution in [2.75, 3.05) is 12.4 Å². The van der Waals surface area contributed by atoms with E-state index in [4.69, 9.17) is 9.84 Å². The van der Waals surface area contributed by atoms with Crippen LogP contribution >= 0.6 is 15.9 Å². The number of anilines is 1. The van der Waals surface area contributed by atoms with Crippen LogP contribution in [0.25, 0.3) is 10.9 Å². The fraction of sp³-hybridized carbons (Fsp3) is 0.471. The predicted octanol–water partition coefficient (Wildman–Crippen LogP) is 3.53. The lowest BCUT2D eigenvalue weighted by molar-refractivity contribution is 0.185. The van der Waals surface area contributed by atoms with Crippen LogP contribution in [-0.2, 0) is 11.3 Å². The van der Waals surface area contributed by atoms with Gasteiger partial charge in [0.25, 0.3) is 0 Å². The highest BCUT2D eigenvalue weighted by Crippen LogP contribution is 2.25. The van der Waals surface area contributed by atoms with E-state index in [-0.39, 0.29) is 12.1 Å². The Balaban J connectivity index is 1.71. The van der Waals surface area contributed by atoms with Gasteiger partial charge in [-0.15, -0.1) is 0 Å². The summed E-state index contributed by atoms with van der Waals surface area (Å²) in [5.41, 5.74) is 1.88. The van der Waals surface area contributed by atoms with Gasteiger partial charge in [0.2, 0.25) is 5.95 Å². The highest BCUT2D eigenvalue weighted by Gasteiger charge is 2.22. The number of methoxy groups -OCH3 is 1. The fourth-order valence-electron chi connectivity index (χ4n) is 3.25. The van der Waals surface area contributed by atoms with Crippen molar-refractivity contribution in [2.24, 2.45) is 0 Å². The van der Waals surface area contributed by atoms with Gasteiger partial charge in [-0.2, -0.15) is 0 Å². The number of nitrogens with one attached hydrogen (secondary N) is 2. The molecular weight excluding hydrogens is 388 g/mol. The molecule has 8 heteroatoms. The van der Waals surface area contributed by atoms with Crippen LogP contribution in [0.3, 0.4) is 0 Å². The molecule has 0 atom stereocenters. The average molecular weight is 409 g/mol. The number of hydrogen-bond acceptors (Lipinski definition) is 5. The van der Waals surface area contributed by atoms with Gasteiger partial charge in [0, 0.05) is 40.8 Å². The van der Waals surface area contributed by atoms with Gasteiger partial charge in [0.05, 0.1) is 12.1 Å². The van der Waals surface area contributed by atoms with Gasteiger partial charge < -0.3 is 20.5 Å². The Bertz CT molecular complexity index is 763. The van der Waals surface area contributed by atoms with Crippen molar-refractivity contribution in [3.63, 3.8) is 0 Å². The molecule has 1 amide bonds. The van der Waals surface area contributed by atoms with Crippen molar-refractivity contribution in [1.82, 2.24) is 15.3 Å². The van der Waals surface area contributed by atoms with Gasteiger partial charge in [-0.25, -0.2) is 14.8 Å². The van der Waals surface area contributed by atoms with Crippen LogP contribution in [0, 0.1) is 0 Å². The normalized spacial score (nSPS) is 20.4. The second-order valence-corrected chi connectivity index (χ2v) is 7.19. The molecule has 1 aromatic heterocycles. The van der Waals surface area contributed by atoms with Crippen molar-refractivity contribution < 1.29 is 14.6 Å². The molecule has 2 aromatic rings. The van der Waals surface area contributed by atoms with Gasteiger partial charge in [0.15, 0.2) is 0 Å². The Morgan fingerprint density at radius 3 is 2.72 bits per heavy atom. The highest BCUT2D eigenvalue weighted by atomic mass is 79.9. The second kappa shape index (κ2) is 7.97. The minimum absolute atomic E-state index is 0.0405. The van der Waals surface area contributed by atoms with Crippen LogP contribution in [0.5, 0.6) is 0 Å². The van der Waals surface area contributed by atoms with E-state index < -0.39 is 6.09 Å². The van der Waals surface area contributed by atoms with Crippen molar-refractivity contribution >= 4 is 38.9 Å². The first kappa shape index (κ1) is 17.9. The van der Waals surface area contributed by atoms with Crippen molar-refractivity contribution in [1.29, 1.82) is 0 Å². The molecule has 3 rings (SSSR count). The van der Waals surface area contributed by atoms with Gasteiger partial charge in [0.1, 0.15) is 0 Å². The maximum Gasteiger partial charge on any atom is 0.404 e. The number of carbonyl (C=O) groups is 1. The molecule has 0 spiro atoms. The Kier molecular flexibility index (Phi) is 5.70. The topological polar surface area (TPSA) is 96.4 Å². The maximum atomic E-state index is 10.7. The number of amides is 1. The minimum Gasteiger partial charge on any atom is -0.465 e. The first-order valence-electron chi connectivity index (χ1n) is 8.25. The first-order valence-corrected chi connectivity index (χ1v) is 9.04. The third-order valence-electron chi connectivity index (χ3n) is 4.41. The zero-order valence-corrected chi connectivity index (χ0v) is 15.5. The van der Waals surface area contributed by atoms with Gasteiger partial charge >= 0.3 is 6.09 Å². The largest absolute Gasteiger partial charge is 0.465 e. The van der Waals surface area contributed by atoms with Crippen LogP contribution in [0.4, 0.5) is 10.7 Å². The molecule has 134 valence electrons. The Hall–Kier alpha value is -1.93. The standard InChI is InChI=1S/C17H21BrN4O3/c1-25-9-11-7-12(18)6-10-8-19-16(22-15(10)11)20-13-2-4-14(5-3-13)21-17(23)24/h6-8,13-14,21H,2-5,9H2,1H3,(H,23,24)(H,19,20,22)/t13-,14-. The summed E-state index contributed by atoms with van der Waals surface area (Å²) in [5, 5.41) is 15.7. The highest BCUT2D eigenvalue weighted by molar-refractivity contribution is 9.10. The molecule has 25 heavy (non-hydrogen) atoms. The Morgan fingerprint density at radius 2 is 2.04 bits per heavy atom. The summed E-state index contributed by atoms with van der Waals surface area (Å²) in [6, 6.07) is 4.29. The molecular formula is C17H21BrN4O3. The molecule has 1 fully saturated rings. The number of halogens is 1. The molecule has 1 aromatic carbocycles. The van der Waals surface area contributed by atoms with E-state index in [1.54, 1.807) is 7.11 Å². The number of aromatic nitrogens is 2. The van der Waals surface area contributed by atoms with Crippen LogP contribution in [-0.4, -0.2) is 40.4 Å². The SMILES string of the molecule is COCc1cc(Br)cc2cnc(N[C@H]3CC[C@H](NC(=O)O)CC3)nc12. The van der Waals surface area contributed by atoms with E-state index in [1.807, 2.05) is 18.3 Å². The van der Waals surface area contributed by atoms with Crippen LogP contribution in [0.1, 0.15) is 31.2 Å². The zero-order valence-electron chi connectivity index (χ0n) is 14.0. The zero-order chi connectivity index (χ0) is 17.8. The number of rotatable bonds is 5. The first-order chi connectivity index (χ1) is 12.0. The molecule has 1 aliphatic carbocycles. The third kappa shape index (κ3) is 4.58. The lowest BCUT2D eigenvalue weighted by atomic mass is 9.91. The maximum absolute atomic E-state index is 10.7. The Morgan fingerprint density at radius 1 is 1.32 bits per heavy atom. The number of nitrogens with zero attached hydrogens (tertiary/aromatic N) is 2. The average Bonchev–Trinajstić information content (AvgIpc) is 2.57. The summed E-state index contributed by atoms with van der Waals surface area (Å²) < 4.78 is 6.24. The van der Waals surface area contributed by atoms with E-state index in [9.17, 15) is 4.79 Å². The minimum atomic E-state index is -0.953. The second-order valence-electron chi connectivity index (χ2n) is 6.27. The molecule has 7 nitrogen and oxygen atoms in total. The van der Waals surface area contributed by atoms with Gasteiger partial charge in [-0.1, -0.05) is 15.9 Å². The fourth-order valence-corrected chi connectivity index (χ4v) is 3.78. The van der Waals surface area contributed by atoms with Crippen molar-refractivity contribution in [2.45, 2.75) is 44.4 Å². The van der Waals surface area contributed by atoms with E-state index in [0.29, 0.717) is 12.6 Å². The van der Waals surface area contributed by atoms with E-state index >= 15 is 0 Å². The lowest BCUT2D eigenvalue weighted by Gasteiger charge is -2.28. The van der Waals surface area contributed by atoms with Crippen LogP contribution in [0.15, 0.2) is 22.8 Å². The molecule has 0 saturated heterocycles. The quantitative estimate of drug-likeness (QED) is 0.699. The van der Waals surface area contributed by atoms with Gasteiger partial charge in [-0.05, 0) is 37.8 Å². The molecule has 1 saturated carbocycles. The lowest BCUT2D eigenvalue weighted by Crippen LogP contribution is -2.39. The summed E-state index contributed by atoms with van der Waals surface area (Å²) in [6.45, 7) is 0.484. The molecule has 3 N–H and O–H groups in total. The number of ether oxygens (including phenoxy) is 1. The summed E-state index contributed by atoms with van der Waals surface area (Å²) >= 11 is 3.50. The molecule has 0 unspecified atom stereocenters. The number of fused-ring (bicyclic) bond motifs is 1. The molecule has 0 aliphatic heterocycles. The van der Waals surface area contributed by atoms with E-state index in [0.717, 1.165) is 46.6 Å². The molecule has 1 aliphatic rings. The summed E-state index contributed by atoms with van der Waals surface area (Å²) in [5.74, 6) is 0.599. The number of benzene rings is 1. The van der Waals surface area contributed by atoms with E-state index in [2.05, 4.69) is 36.5 Å². The molecule has 0 radical (unpaired) electrons. The monoisotopic (exact) mass is 408 g/mol. The molecule has 0 bridgehead atoms. The number of hydrogen-bond donors (Lipinski definition) is 3. The smallest absolute Gasteiger partial charge is 0.404 e. The number of carboxylic acid groups (broad SMARTS) is 1. The predicted molar refractivity (Wildman–Crippen MR) is 98.8 cm³/mol. The Labute approximate surface area is 154 Å².